The first-order valence-electron chi connectivity index (χ1n) is 8.58. The van der Waals surface area contributed by atoms with E-state index in [0.29, 0.717) is 5.92 Å². The van der Waals surface area contributed by atoms with Crippen molar-refractivity contribution in [2.75, 3.05) is 0 Å². The molecule has 0 aliphatic heterocycles. The number of aromatic hydroxyl groups is 1. The molecular formula is C21H25NO. The summed E-state index contributed by atoms with van der Waals surface area (Å²) < 4.78 is 0. The van der Waals surface area contributed by atoms with E-state index < -0.39 is 0 Å². The van der Waals surface area contributed by atoms with Crippen LogP contribution >= 0.6 is 0 Å². The summed E-state index contributed by atoms with van der Waals surface area (Å²) in [5, 5.41) is 9.93. The first-order chi connectivity index (χ1) is 11.1. The highest BCUT2D eigenvalue weighted by Gasteiger charge is 2.19. The standard InChI is InChI=1S/C21H25NO/c1-15-12-16(2)21(19(13-15)17-8-4-3-5-9-17)22-14-18-10-6-7-11-20(18)23/h6-7,10-14,17,23H,3-5,8-9H2,1-2H3. The molecule has 1 N–H and O–H groups in total. The predicted octanol–water partition coefficient (Wildman–Crippen LogP) is 5.81. The molecule has 1 saturated carbocycles. The minimum Gasteiger partial charge on any atom is -0.507 e. The number of phenolic OH excluding ortho intramolecular Hbond substituents is 1. The molecule has 2 nitrogen and oxygen atoms in total. The third-order valence-corrected chi connectivity index (χ3v) is 4.79. The van der Waals surface area contributed by atoms with Crippen molar-refractivity contribution in [1.82, 2.24) is 0 Å². The molecule has 0 heterocycles. The van der Waals surface area contributed by atoms with Crippen molar-refractivity contribution in [1.29, 1.82) is 0 Å². The van der Waals surface area contributed by atoms with Crippen LogP contribution in [-0.4, -0.2) is 11.3 Å². The van der Waals surface area contributed by atoms with Gasteiger partial charge in [0.05, 0.1) is 5.69 Å². The molecule has 1 aliphatic rings. The predicted molar refractivity (Wildman–Crippen MR) is 97.1 cm³/mol. The van der Waals surface area contributed by atoms with Crippen LogP contribution in [0.1, 0.15) is 60.3 Å². The average molecular weight is 307 g/mol. The van der Waals surface area contributed by atoms with Crippen LogP contribution in [0.15, 0.2) is 41.4 Å². The zero-order chi connectivity index (χ0) is 16.2. The SMILES string of the molecule is Cc1cc(C)c(N=Cc2ccccc2O)c(C2CCCCC2)c1. The third-order valence-electron chi connectivity index (χ3n) is 4.79. The van der Waals surface area contributed by atoms with Gasteiger partial charge in [0.1, 0.15) is 5.75 Å². The van der Waals surface area contributed by atoms with Crippen molar-refractivity contribution in [3.63, 3.8) is 0 Å². The lowest BCUT2D eigenvalue weighted by molar-refractivity contribution is 0.444. The first kappa shape index (κ1) is 15.8. The molecule has 0 bridgehead atoms. The zero-order valence-corrected chi connectivity index (χ0v) is 14.0. The van der Waals surface area contributed by atoms with Crippen molar-refractivity contribution in [2.45, 2.75) is 51.9 Å². The van der Waals surface area contributed by atoms with E-state index in [9.17, 15) is 5.11 Å². The topological polar surface area (TPSA) is 32.6 Å². The number of para-hydroxylation sites is 1. The molecule has 3 rings (SSSR count). The Morgan fingerprint density at radius 2 is 1.78 bits per heavy atom. The Labute approximate surface area is 138 Å². The summed E-state index contributed by atoms with van der Waals surface area (Å²) >= 11 is 0. The molecule has 2 heteroatoms. The van der Waals surface area contributed by atoms with Gasteiger partial charge in [-0.3, -0.25) is 4.99 Å². The Kier molecular flexibility index (Phi) is 4.80. The molecule has 0 aromatic heterocycles. The van der Waals surface area contributed by atoms with Gasteiger partial charge in [0.2, 0.25) is 0 Å². The molecular weight excluding hydrogens is 282 g/mol. The molecule has 0 unspecified atom stereocenters. The van der Waals surface area contributed by atoms with Gasteiger partial charge in [-0.1, -0.05) is 49.1 Å². The maximum atomic E-state index is 9.93. The molecule has 1 fully saturated rings. The van der Waals surface area contributed by atoms with E-state index in [1.165, 1.54) is 48.8 Å². The Balaban J connectivity index is 1.99. The molecule has 23 heavy (non-hydrogen) atoms. The van der Waals surface area contributed by atoms with Crippen molar-refractivity contribution in [3.8, 4) is 5.75 Å². The minimum absolute atomic E-state index is 0.278. The lowest BCUT2D eigenvalue weighted by Gasteiger charge is -2.24. The van der Waals surface area contributed by atoms with Gasteiger partial charge in [0, 0.05) is 11.8 Å². The number of aryl methyl sites for hydroxylation is 2. The molecule has 0 radical (unpaired) electrons. The van der Waals surface area contributed by atoms with Crippen LogP contribution in [0.4, 0.5) is 5.69 Å². The van der Waals surface area contributed by atoms with E-state index >= 15 is 0 Å². The van der Waals surface area contributed by atoms with Gasteiger partial charge >= 0.3 is 0 Å². The fourth-order valence-electron chi connectivity index (χ4n) is 3.62. The molecule has 0 spiro atoms. The summed E-state index contributed by atoms with van der Waals surface area (Å²) in [5.41, 5.74) is 5.77. The molecule has 120 valence electrons. The Morgan fingerprint density at radius 1 is 1.04 bits per heavy atom. The van der Waals surface area contributed by atoms with E-state index in [0.717, 1.165) is 11.3 Å². The highest BCUT2D eigenvalue weighted by atomic mass is 16.3. The average Bonchev–Trinajstić information content (AvgIpc) is 2.56. The monoisotopic (exact) mass is 307 g/mol. The van der Waals surface area contributed by atoms with Crippen LogP contribution in [0.25, 0.3) is 0 Å². The highest BCUT2D eigenvalue weighted by Crippen LogP contribution is 2.39. The van der Waals surface area contributed by atoms with Crippen LogP contribution in [0.3, 0.4) is 0 Å². The lowest BCUT2D eigenvalue weighted by atomic mass is 9.82. The number of benzene rings is 2. The van der Waals surface area contributed by atoms with E-state index in [-0.39, 0.29) is 5.75 Å². The molecule has 2 aromatic rings. The van der Waals surface area contributed by atoms with Crippen LogP contribution in [0.2, 0.25) is 0 Å². The van der Waals surface area contributed by atoms with Gasteiger partial charge in [-0.05, 0) is 55.9 Å². The maximum absolute atomic E-state index is 9.93. The molecule has 0 atom stereocenters. The third kappa shape index (κ3) is 3.64. The van der Waals surface area contributed by atoms with Crippen molar-refractivity contribution in [2.24, 2.45) is 4.99 Å². The van der Waals surface area contributed by atoms with Gasteiger partial charge in [0.15, 0.2) is 0 Å². The summed E-state index contributed by atoms with van der Waals surface area (Å²) in [4.78, 5) is 4.77. The number of hydrogen-bond donors (Lipinski definition) is 1. The Bertz CT molecular complexity index is 712. The number of nitrogens with zero attached hydrogens (tertiary/aromatic N) is 1. The summed E-state index contributed by atoms with van der Waals surface area (Å²) in [7, 11) is 0. The number of hydrogen-bond acceptors (Lipinski definition) is 2. The van der Waals surface area contributed by atoms with Crippen molar-refractivity contribution >= 4 is 11.9 Å². The summed E-state index contributed by atoms with van der Waals surface area (Å²) in [6.07, 6.45) is 8.32. The van der Waals surface area contributed by atoms with Crippen LogP contribution in [0, 0.1) is 13.8 Å². The van der Waals surface area contributed by atoms with Gasteiger partial charge in [-0.2, -0.15) is 0 Å². The van der Waals surface area contributed by atoms with E-state index in [1.807, 2.05) is 18.2 Å². The van der Waals surface area contributed by atoms with Gasteiger partial charge in [-0.25, -0.2) is 0 Å². The van der Waals surface area contributed by atoms with Gasteiger partial charge < -0.3 is 5.11 Å². The zero-order valence-electron chi connectivity index (χ0n) is 14.0. The quantitative estimate of drug-likeness (QED) is 0.713. The number of rotatable bonds is 3. The van der Waals surface area contributed by atoms with Crippen LogP contribution in [0.5, 0.6) is 5.75 Å². The lowest BCUT2D eigenvalue weighted by Crippen LogP contribution is -2.06. The fraction of sp³-hybridized carbons (Fsp3) is 0.381. The second kappa shape index (κ2) is 6.99. The van der Waals surface area contributed by atoms with Gasteiger partial charge in [0.25, 0.3) is 0 Å². The molecule has 0 saturated heterocycles. The number of aliphatic imine (C=N–C) groups is 1. The Morgan fingerprint density at radius 3 is 2.52 bits per heavy atom. The number of phenols is 1. The molecule has 1 aliphatic carbocycles. The first-order valence-corrected chi connectivity index (χ1v) is 8.58. The van der Waals surface area contributed by atoms with Crippen molar-refractivity contribution in [3.05, 3.63) is 58.7 Å². The van der Waals surface area contributed by atoms with Gasteiger partial charge in [-0.15, -0.1) is 0 Å². The van der Waals surface area contributed by atoms with Crippen molar-refractivity contribution < 1.29 is 5.11 Å². The van der Waals surface area contributed by atoms with E-state index in [2.05, 4.69) is 26.0 Å². The molecule has 2 aromatic carbocycles. The highest BCUT2D eigenvalue weighted by molar-refractivity contribution is 5.86. The van der Waals surface area contributed by atoms with E-state index in [4.69, 9.17) is 4.99 Å². The minimum atomic E-state index is 0.278. The Hall–Kier alpha value is -2.09. The fourth-order valence-corrected chi connectivity index (χ4v) is 3.62. The smallest absolute Gasteiger partial charge is 0.124 e. The molecule has 0 amide bonds. The maximum Gasteiger partial charge on any atom is 0.124 e. The van der Waals surface area contributed by atoms with Crippen LogP contribution < -0.4 is 0 Å². The second-order valence-corrected chi connectivity index (χ2v) is 6.67. The van der Waals surface area contributed by atoms with E-state index in [1.54, 1.807) is 12.3 Å². The van der Waals surface area contributed by atoms with Crippen LogP contribution in [-0.2, 0) is 0 Å². The summed E-state index contributed by atoms with van der Waals surface area (Å²) in [5.74, 6) is 0.902. The summed E-state index contributed by atoms with van der Waals surface area (Å²) in [6, 6.07) is 11.8. The normalized spacial score (nSPS) is 16.1. The largest absolute Gasteiger partial charge is 0.507 e. The second-order valence-electron chi connectivity index (χ2n) is 6.67. The summed E-state index contributed by atoms with van der Waals surface area (Å²) in [6.45, 7) is 4.30.